The molecule has 3 rings (SSSR count). The summed E-state index contributed by atoms with van der Waals surface area (Å²) in [4.78, 5) is 12.2. The second kappa shape index (κ2) is 8.60. The van der Waals surface area contributed by atoms with Crippen LogP contribution in [-0.4, -0.2) is 51.5 Å². The van der Waals surface area contributed by atoms with Gasteiger partial charge in [-0.1, -0.05) is 12.1 Å². The van der Waals surface area contributed by atoms with Crippen LogP contribution in [0.4, 0.5) is 4.39 Å². The monoisotopic (exact) mass is 392 g/mol. The number of halogens is 1. The molecule has 0 spiro atoms. The standard InChI is InChI=1S/C19H21FN2O4S/c20-17-5-3-16(4-6-17)19(23)21-10-9-15-1-7-18(8-2-15)27(24,25)22-11-13-26-14-12-22/h1-8H,9-14H2,(H,21,23). The van der Waals surface area contributed by atoms with Crippen molar-refractivity contribution < 1.29 is 22.3 Å². The van der Waals surface area contributed by atoms with Crippen LogP contribution in [0.5, 0.6) is 0 Å². The lowest BCUT2D eigenvalue weighted by Crippen LogP contribution is -2.40. The third-order valence-corrected chi connectivity index (χ3v) is 6.25. The second-order valence-corrected chi connectivity index (χ2v) is 8.11. The van der Waals surface area contributed by atoms with Crippen molar-refractivity contribution in [2.45, 2.75) is 11.3 Å². The number of morpholine rings is 1. The summed E-state index contributed by atoms with van der Waals surface area (Å²) in [6, 6.07) is 12.0. The molecule has 144 valence electrons. The summed E-state index contributed by atoms with van der Waals surface area (Å²) in [6.07, 6.45) is 0.560. The summed E-state index contributed by atoms with van der Waals surface area (Å²) in [5, 5.41) is 2.76. The molecule has 1 saturated heterocycles. The molecule has 2 aromatic rings. The minimum absolute atomic E-state index is 0.253. The molecule has 0 aliphatic carbocycles. The average molecular weight is 392 g/mol. The summed E-state index contributed by atoms with van der Waals surface area (Å²) in [5.41, 5.74) is 1.30. The number of nitrogens with one attached hydrogen (secondary N) is 1. The fraction of sp³-hybridized carbons (Fsp3) is 0.316. The quantitative estimate of drug-likeness (QED) is 0.814. The van der Waals surface area contributed by atoms with Gasteiger partial charge in [0, 0.05) is 25.2 Å². The molecule has 0 bridgehead atoms. The molecule has 1 aliphatic heterocycles. The zero-order valence-corrected chi connectivity index (χ0v) is 15.5. The largest absolute Gasteiger partial charge is 0.379 e. The van der Waals surface area contributed by atoms with E-state index in [-0.39, 0.29) is 10.8 Å². The third kappa shape index (κ3) is 4.91. The molecule has 8 heteroatoms. The van der Waals surface area contributed by atoms with Crippen molar-refractivity contribution in [2.24, 2.45) is 0 Å². The predicted molar refractivity (Wildman–Crippen MR) is 98.5 cm³/mol. The molecule has 2 aromatic carbocycles. The molecule has 0 aromatic heterocycles. The molecule has 0 radical (unpaired) electrons. The van der Waals surface area contributed by atoms with E-state index in [9.17, 15) is 17.6 Å². The molecule has 0 saturated carbocycles. The predicted octanol–water partition coefficient (Wildman–Crippen LogP) is 1.82. The SMILES string of the molecule is O=C(NCCc1ccc(S(=O)(=O)N2CCOCC2)cc1)c1ccc(F)cc1. The van der Waals surface area contributed by atoms with E-state index in [0.717, 1.165) is 5.56 Å². The smallest absolute Gasteiger partial charge is 0.251 e. The first kappa shape index (κ1) is 19.5. The molecule has 1 aliphatic rings. The lowest BCUT2D eigenvalue weighted by atomic mass is 10.1. The number of rotatable bonds is 6. The third-order valence-electron chi connectivity index (χ3n) is 4.34. The molecule has 27 heavy (non-hydrogen) atoms. The van der Waals surface area contributed by atoms with E-state index in [1.54, 1.807) is 24.3 Å². The Kier molecular flexibility index (Phi) is 6.20. The van der Waals surface area contributed by atoms with Gasteiger partial charge in [-0.25, -0.2) is 12.8 Å². The first-order chi connectivity index (χ1) is 13.0. The maximum atomic E-state index is 12.9. The van der Waals surface area contributed by atoms with Crippen LogP contribution in [0.25, 0.3) is 0 Å². The van der Waals surface area contributed by atoms with Crippen LogP contribution in [0.15, 0.2) is 53.4 Å². The first-order valence-corrected chi connectivity index (χ1v) is 10.1. The first-order valence-electron chi connectivity index (χ1n) is 8.67. The second-order valence-electron chi connectivity index (χ2n) is 6.17. The van der Waals surface area contributed by atoms with Crippen molar-refractivity contribution in [3.05, 3.63) is 65.5 Å². The Morgan fingerprint density at radius 1 is 1.04 bits per heavy atom. The number of hydrogen-bond acceptors (Lipinski definition) is 4. The van der Waals surface area contributed by atoms with Gasteiger partial charge in [-0.2, -0.15) is 4.31 Å². The normalized spacial score (nSPS) is 15.4. The van der Waals surface area contributed by atoms with Crippen LogP contribution < -0.4 is 5.32 Å². The zero-order chi connectivity index (χ0) is 19.3. The maximum Gasteiger partial charge on any atom is 0.251 e. The van der Waals surface area contributed by atoms with E-state index < -0.39 is 15.8 Å². The Morgan fingerprint density at radius 3 is 2.30 bits per heavy atom. The molecular formula is C19H21FN2O4S. The van der Waals surface area contributed by atoms with Crippen molar-refractivity contribution in [3.63, 3.8) is 0 Å². The van der Waals surface area contributed by atoms with Crippen LogP contribution in [0, 0.1) is 5.82 Å². The van der Waals surface area contributed by atoms with Gasteiger partial charge in [0.05, 0.1) is 18.1 Å². The van der Waals surface area contributed by atoms with Gasteiger partial charge in [0.15, 0.2) is 0 Å². The topological polar surface area (TPSA) is 75.7 Å². The van der Waals surface area contributed by atoms with Gasteiger partial charge in [-0.05, 0) is 48.4 Å². The lowest BCUT2D eigenvalue weighted by molar-refractivity contribution is 0.0730. The zero-order valence-electron chi connectivity index (χ0n) is 14.7. The van der Waals surface area contributed by atoms with Gasteiger partial charge < -0.3 is 10.1 Å². The van der Waals surface area contributed by atoms with E-state index in [2.05, 4.69) is 5.32 Å². The number of hydrogen-bond donors (Lipinski definition) is 1. The highest BCUT2D eigenvalue weighted by Gasteiger charge is 2.25. The maximum absolute atomic E-state index is 12.9. The van der Waals surface area contributed by atoms with Gasteiger partial charge in [-0.3, -0.25) is 4.79 Å². The van der Waals surface area contributed by atoms with Gasteiger partial charge in [-0.15, -0.1) is 0 Å². The summed E-state index contributed by atoms with van der Waals surface area (Å²) in [5.74, 6) is -0.666. The number of benzene rings is 2. The molecule has 1 N–H and O–H groups in total. The van der Waals surface area contributed by atoms with Crippen molar-refractivity contribution >= 4 is 15.9 Å². The number of carbonyl (C=O) groups excluding carboxylic acids is 1. The van der Waals surface area contributed by atoms with E-state index in [0.29, 0.717) is 44.8 Å². The molecule has 6 nitrogen and oxygen atoms in total. The van der Waals surface area contributed by atoms with Crippen LogP contribution in [0.1, 0.15) is 15.9 Å². The number of amides is 1. The highest BCUT2D eigenvalue weighted by molar-refractivity contribution is 7.89. The minimum Gasteiger partial charge on any atom is -0.379 e. The average Bonchev–Trinajstić information content (AvgIpc) is 2.69. The Balaban J connectivity index is 1.54. The Morgan fingerprint density at radius 2 is 1.67 bits per heavy atom. The molecular weight excluding hydrogens is 371 g/mol. The minimum atomic E-state index is -3.50. The van der Waals surface area contributed by atoms with Crippen molar-refractivity contribution in [1.82, 2.24) is 9.62 Å². The van der Waals surface area contributed by atoms with Crippen molar-refractivity contribution in [3.8, 4) is 0 Å². The lowest BCUT2D eigenvalue weighted by Gasteiger charge is -2.26. The Hall–Kier alpha value is -2.29. The summed E-state index contributed by atoms with van der Waals surface area (Å²) in [6.45, 7) is 1.93. The highest BCUT2D eigenvalue weighted by atomic mass is 32.2. The van der Waals surface area contributed by atoms with Crippen molar-refractivity contribution in [2.75, 3.05) is 32.8 Å². The van der Waals surface area contributed by atoms with Gasteiger partial charge >= 0.3 is 0 Å². The molecule has 1 fully saturated rings. The van der Waals surface area contributed by atoms with Crippen LogP contribution in [-0.2, 0) is 21.2 Å². The van der Waals surface area contributed by atoms with E-state index in [1.165, 1.54) is 28.6 Å². The van der Waals surface area contributed by atoms with Crippen molar-refractivity contribution in [1.29, 1.82) is 0 Å². The molecule has 1 amide bonds. The number of ether oxygens (including phenoxy) is 1. The van der Waals surface area contributed by atoms with Gasteiger partial charge in [0.2, 0.25) is 10.0 Å². The highest BCUT2D eigenvalue weighted by Crippen LogP contribution is 2.17. The van der Waals surface area contributed by atoms with Crippen LogP contribution in [0.3, 0.4) is 0 Å². The van der Waals surface area contributed by atoms with E-state index >= 15 is 0 Å². The fourth-order valence-corrected chi connectivity index (χ4v) is 4.20. The fourth-order valence-electron chi connectivity index (χ4n) is 2.79. The molecule has 1 heterocycles. The van der Waals surface area contributed by atoms with Crippen LogP contribution >= 0.6 is 0 Å². The molecule has 0 atom stereocenters. The summed E-state index contributed by atoms with van der Waals surface area (Å²) in [7, 11) is -3.50. The number of nitrogens with zero attached hydrogens (tertiary/aromatic N) is 1. The van der Waals surface area contributed by atoms with E-state index in [4.69, 9.17) is 4.74 Å². The van der Waals surface area contributed by atoms with Crippen LogP contribution in [0.2, 0.25) is 0 Å². The van der Waals surface area contributed by atoms with E-state index in [1.807, 2.05) is 0 Å². The summed E-state index contributed by atoms with van der Waals surface area (Å²) >= 11 is 0. The van der Waals surface area contributed by atoms with Gasteiger partial charge in [0.25, 0.3) is 5.91 Å². The Bertz CT molecular complexity index is 877. The number of carbonyl (C=O) groups is 1. The van der Waals surface area contributed by atoms with Gasteiger partial charge in [0.1, 0.15) is 5.82 Å². The summed E-state index contributed by atoms with van der Waals surface area (Å²) < 4.78 is 44.6. The Labute approximate surface area is 158 Å². The molecule has 0 unspecified atom stereocenters. The number of sulfonamides is 1.